The zero-order chi connectivity index (χ0) is 14.8. The van der Waals surface area contributed by atoms with Gasteiger partial charge in [0.2, 0.25) is 15.9 Å². The van der Waals surface area contributed by atoms with Gasteiger partial charge in [0.25, 0.3) is 0 Å². The highest BCUT2D eigenvalue weighted by atomic mass is 32.2. The molecule has 0 spiro atoms. The Labute approximate surface area is 121 Å². The SMILES string of the molecule is NC(=O)c1csc(S(=O)(=O)NCC2(O)CCCNC2)c1. The van der Waals surface area contributed by atoms with Crippen LogP contribution in [0.1, 0.15) is 23.2 Å². The fourth-order valence-corrected chi connectivity index (χ4v) is 4.32. The van der Waals surface area contributed by atoms with Crippen LogP contribution in [0.5, 0.6) is 0 Å². The Hall–Kier alpha value is -1.00. The van der Waals surface area contributed by atoms with Gasteiger partial charge in [-0.2, -0.15) is 0 Å². The van der Waals surface area contributed by atoms with E-state index in [1.807, 2.05) is 0 Å². The molecule has 0 aliphatic carbocycles. The molecule has 0 bridgehead atoms. The number of amides is 1. The first-order valence-corrected chi connectivity index (χ1v) is 8.50. The number of piperidine rings is 1. The highest BCUT2D eigenvalue weighted by molar-refractivity contribution is 7.91. The molecule has 9 heteroatoms. The van der Waals surface area contributed by atoms with Crippen LogP contribution in [0, 0.1) is 0 Å². The molecule has 1 atom stereocenters. The second-order valence-corrected chi connectivity index (χ2v) is 7.75. The zero-order valence-electron chi connectivity index (χ0n) is 10.8. The van der Waals surface area contributed by atoms with E-state index in [0.717, 1.165) is 24.3 Å². The van der Waals surface area contributed by atoms with Crippen molar-refractivity contribution in [1.82, 2.24) is 10.0 Å². The van der Waals surface area contributed by atoms with Gasteiger partial charge in [-0.15, -0.1) is 11.3 Å². The topological polar surface area (TPSA) is 122 Å². The summed E-state index contributed by atoms with van der Waals surface area (Å²) in [6.45, 7) is 1.11. The number of carbonyl (C=O) groups is 1. The Balaban J connectivity index is 2.05. The summed E-state index contributed by atoms with van der Waals surface area (Å²) in [4.78, 5) is 11.0. The first kappa shape index (κ1) is 15.4. The van der Waals surface area contributed by atoms with Gasteiger partial charge in [-0.1, -0.05) is 0 Å². The molecule has 1 aromatic rings. The predicted molar refractivity (Wildman–Crippen MR) is 75.1 cm³/mol. The quantitative estimate of drug-likeness (QED) is 0.568. The number of thiophene rings is 1. The van der Waals surface area contributed by atoms with E-state index < -0.39 is 21.5 Å². The number of hydrogen-bond acceptors (Lipinski definition) is 6. The second-order valence-electron chi connectivity index (χ2n) is 4.85. The number of carbonyl (C=O) groups excluding carboxylic acids is 1. The average Bonchev–Trinajstić information content (AvgIpc) is 2.88. The first-order chi connectivity index (χ1) is 9.32. The summed E-state index contributed by atoms with van der Waals surface area (Å²) in [7, 11) is -3.74. The maximum atomic E-state index is 12.1. The van der Waals surface area contributed by atoms with Gasteiger partial charge in [-0.05, 0) is 25.5 Å². The van der Waals surface area contributed by atoms with Crippen molar-refractivity contribution in [2.24, 2.45) is 5.73 Å². The van der Waals surface area contributed by atoms with Gasteiger partial charge in [0.05, 0.1) is 11.2 Å². The number of primary amides is 1. The number of β-amino-alcohol motifs (C(OH)–C–C–N with tert-alkyl or cyclic N) is 1. The minimum Gasteiger partial charge on any atom is -0.387 e. The summed E-state index contributed by atoms with van der Waals surface area (Å²) in [6, 6.07) is 1.23. The number of aliphatic hydroxyl groups is 1. The van der Waals surface area contributed by atoms with E-state index >= 15 is 0 Å². The third-order valence-corrected chi connectivity index (χ3v) is 6.01. The summed E-state index contributed by atoms with van der Waals surface area (Å²) in [6.07, 6.45) is 1.34. The van der Waals surface area contributed by atoms with Gasteiger partial charge in [-0.25, -0.2) is 13.1 Å². The van der Waals surface area contributed by atoms with Crippen LogP contribution >= 0.6 is 11.3 Å². The Morgan fingerprint density at radius 1 is 1.60 bits per heavy atom. The van der Waals surface area contributed by atoms with Crippen molar-refractivity contribution in [2.45, 2.75) is 22.7 Å². The highest BCUT2D eigenvalue weighted by Crippen LogP contribution is 2.21. The number of nitrogens with two attached hydrogens (primary N) is 1. The Kier molecular flexibility index (Phi) is 4.45. The molecule has 1 fully saturated rings. The van der Waals surface area contributed by atoms with Gasteiger partial charge in [0, 0.05) is 18.5 Å². The summed E-state index contributed by atoms with van der Waals surface area (Å²) < 4.78 is 26.5. The highest BCUT2D eigenvalue weighted by Gasteiger charge is 2.31. The first-order valence-electron chi connectivity index (χ1n) is 6.14. The van der Waals surface area contributed by atoms with Gasteiger partial charge >= 0.3 is 0 Å². The third-order valence-electron chi connectivity index (χ3n) is 3.17. The van der Waals surface area contributed by atoms with Crippen LogP contribution in [0.15, 0.2) is 15.7 Å². The average molecular weight is 319 g/mol. The van der Waals surface area contributed by atoms with Crippen molar-refractivity contribution in [3.05, 3.63) is 17.0 Å². The molecule has 0 aromatic carbocycles. The summed E-state index contributed by atoms with van der Waals surface area (Å²) in [5.74, 6) is -0.669. The fraction of sp³-hybridized carbons (Fsp3) is 0.545. The smallest absolute Gasteiger partial charge is 0.250 e. The lowest BCUT2D eigenvalue weighted by molar-refractivity contribution is 0.0218. The van der Waals surface area contributed by atoms with E-state index in [0.29, 0.717) is 13.0 Å². The van der Waals surface area contributed by atoms with E-state index in [-0.39, 0.29) is 16.3 Å². The van der Waals surface area contributed by atoms with Crippen LogP contribution in [-0.4, -0.2) is 44.7 Å². The summed E-state index contributed by atoms with van der Waals surface area (Å²) in [5, 5.41) is 14.6. The van der Waals surface area contributed by atoms with E-state index in [4.69, 9.17) is 5.73 Å². The lowest BCUT2D eigenvalue weighted by atomic mass is 9.95. The second kappa shape index (κ2) is 5.78. The molecule has 0 radical (unpaired) electrons. The molecular weight excluding hydrogens is 302 g/mol. The van der Waals surface area contributed by atoms with Gasteiger partial charge in [0.15, 0.2) is 0 Å². The van der Waals surface area contributed by atoms with Crippen molar-refractivity contribution in [2.75, 3.05) is 19.6 Å². The van der Waals surface area contributed by atoms with Crippen LogP contribution in [-0.2, 0) is 10.0 Å². The molecule has 5 N–H and O–H groups in total. The van der Waals surface area contributed by atoms with Gasteiger partial charge in [-0.3, -0.25) is 4.79 Å². The standard InChI is InChI=1S/C11H17N3O4S2/c12-10(15)8-4-9(19-5-8)20(17,18)14-7-11(16)2-1-3-13-6-11/h4-5,13-14,16H,1-3,6-7H2,(H2,12,15). The summed E-state index contributed by atoms with van der Waals surface area (Å²) in [5.41, 5.74) is 4.17. The molecular formula is C11H17N3O4S2. The molecule has 20 heavy (non-hydrogen) atoms. The van der Waals surface area contributed by atoms with E-state index in [9.17, 15) is 18.3 Å². The largest absolute Gasteiger partial charge is 0.387 e. The maximum absolute atomic E-state index is 12.1. The Morgan fingerprint density at radius 3 is 2.90 bits per heavy atom. The molecule has 1 amide bonds. The van der Waals surface area contributed by atoms with Crippen LogP contribution in [0.25, 0.3) is 0 Å². The molecule has 7 nitrogen and oxygen atoms in total. The van der Waals surface area contributed by atoms with Crippen molar-refractivity contribution < 1.29 is 18.3 Å². The Bertz CT molecular complexity index is 591. The van der Waals surface area contributed by atoms with Gasteiger partial charge < -0.3 is 16.2 Å². The fourth-order valence-electron chi connectivity index (χ4n) is 1.99. The molecule has 2 heterocycles. The third kappa shape index (κ3) is 3.55. The predicted octanol–water partition coefficient (Wildman–Crippen LogP) is -0.760. The lowest BCUT2D eigenvalue weighted by Gasteiger charge is -2.32. The molecule has 1 aromatic heterocycles. The molecule has 1 aliphatic heterocycles. The molecule has 1 saturated heterocycles. The molecule has 112 valence electrons. The number of rotatable bonds is 5. The number of sulfonamides is 1. The van der Waals surface area contributed by atoms with Crippen LogP contribution < -0.4 is 15.8 Å². The monoisotopic (exact) mass is 319 g/mol. The molecule has 1 unspecified atom stereocenters. The van der Waals surface area contributed by atoms with E-state index in [2.05, 4.69) is 10.0 Å². The number of nitrogens with one attached hydrogen (secondary N) is 2. The minimum absolute atomic E-state index is 0.0127. The van der Waals surface area contributed by atoms with E-state index in [1.54, 1.807) is 0 Å². The number of hydrogen-bond donors (Lipinski definition) is 4. The minimum atomic E-state index is -3.74. The zero-order valence-corrected chi connectivity index (χ0v) is 12.4. The van der Waals surface area contributed by atoms with Crippen molar-refractivity contribution >= 4 is 27.3 Å². The lowest BCUT2D eigenvalue weighted by Crippen LogP contribution is -2.52. The van der Waals surface area contributed by atoms with Crippen LogP contribution in [0.4, 0.5) is 0 Å². The van der Waals surface area contributed by atoms with Crippen molar-refractivity contribution in [3.8, 4) is 0 Å². The van der Waals surface area contributed by atoms with Crippen LogP contribution in [0.2, 0.25) is 0 Å². The van der Waals surface area contributed by atoms with Gasteiger partial charge in [0.1, 0.15) is 4.21 Å². The molecule has 0 saturated carbocycles. The molecule has 2 rings (SSSR count). The Morgan fingerprint density at radius 2 is 2.35 bits per heavy atom. The van der Waals surface area contributed by atoms with Crippen molar-refractivity contribution in [1.29, 1.82) is 0 Å². The molecule has 1 aliphatic rings. The summed E-state index contributed by atoms with van der Waals surface area (Å²) >= 11 is 0.922. The normalized spacial score (nSPS) is 23.6. The van der Waals surface area contributed by atoms with Crippen LogP contribution in [0.3, 0.4) is 0 Å². The van der Waals surface area contributed by atoms with E-state index in [1.165, 1.54) is 11.4 Å². The van der Waals surface area contributed by atoms with Crippen molar-refractivity contribution in [3.63, 3.8) is 0 Å². The maximum Gasteiger partial charge on any atom is 0.250 e.